The molecule has 7 aromatic rings. The van der Waals surface area contributed by atoms with Crippen molar-refractivity contribution in [1.82, 2.24) is 4.57 Å². The first kappa shape index (κ1) is 24.2. The van der Waals surface area contributed by atoms with Crippen LogP contribution in [0, 0.1) is 22.7 Å². The summed E-state index contributed by atoms with van der Waals surface area (Å²) in [6, 6.07) is 52.3. The molecule has 0 N–H and O–H groups in total. The molecule has 1 heterocycles. The molecule has 3 heteroatoms. The minimum atomic E-state index is 0.374. The van der Waals surface area contributed by atoms with Crippen LogP contribution in [0.1, 0.15) is 11.1 Å². The molecule has 0 saturated carbocycles. The Morgan fingerprint density at radius 3 is 1.41 bits per heavy atom. The first-order chi connectivity index (χ1) is 20.3. The first-order valence-electron chi connectivity index (χ1n) is 13.5. The lowest BCUT2D eigenvalue weighted by Gasteiger charge is -2.21. The van der Waals surface area contributed by atoms with Crippen LogP contribution in [0.25, 0.3) is 60.9 Å². The average Bonchev–Trinajstić information content (AvgIpc) is 3.38. The zero-order valence-electron chi connectivity index (χ0n) is 22.1. The molecule has 7 rings (SSSR count). The van der Waals surface area contributed by atoms with Gasteiger partial charge in [0.1, 0.15) is 12.1 Å². The standard InChI is InChI=1S/C38H23N3/c39-24-29-20-19-28(21-31(29)25-40)30-22-34(26-11-3-1-4-12-26)38(35(23-30)27-13-5-2-6-14-27)41-36-17-9-7-15-32(36)33-16-8-10-18-37(33)41/h1-23H. The number of nitriles is 2. The van der Waals surface area contributed by atoms with Crippen LogP contribution in [0.5, 0.6) is 0 Å². The molecule has 1 aromatic heterocycles. The third-order valence-corrected chi connectivity index (χ3v) is 7.68. The van der Waals surface area contributed by atoms with E-state index < -0.39 is 0 Å². The SMILES string of the molecule is N#Cc1ccc(-c2cc(-c3ccccc3)c(-n3c4ccccc4c4ccccc43)c(-c3ccccc3)c2)cc1C#N. The van der Waals surface area contributed by atoms with E-state index in [0.29, 0.717) is 11.1 Å². The molecular formula is C38H23N3. The van der Waals surface area contributed by atoms with Crippen molar-refractivity contribution in [3.05, 3.63) is 151 Å². The normalized spacial score (nSPS) is 10.9. The van der Waals surface area contributed by atoms with Gasteiger partial charge in [0.25, 0.3) is 0 Å². The van der Waals surface area contributed by atoms with Gasteiger partial charge in [-0.3, -0.25) is 0 Å². The Labute approximate surface area is 238 Å². The van der Waals surface area contributed by atoms with Crippen molar-refractivity contribution in [3.8, 4) is 51.2 Å². The fourth-order valence-corrected chi connectivity index (χ4v) is 5.79. The molecule has 0 spiro atoms. The van der Waals surface area contributed by atoms with Crippen molar-refractivity contribution in [3.63, 3.8) is 0 Å². The molecule has 6 aromatic carbocycles. The van der Waals surface area contributed by atoms with E-state index in [1.54, 1.807) is 6.07 Å². The maximum absolute atomic E-state index is 9.75. The van der Waals surface area contributed by atoms with Gasteiger partial charge in [-0.1, -0.05) is 103 Å². The molecule has 0 aliphatic heterocycles. The summed E-state index contributed by atoms with van der Waals surface area (Å²) in [7, 11) is 0. The molecule has 3 nitrogen and oxygen atoms in total. The number of hydrogen-bond donors (Lipinski definition) is 0. The zero-order chi connectivity index (χ0) is 27.8. The minimum absolute atomic E-state index is 0.374. The maximum Gasteiger partial charge on any atom is 0.101 e. The predicted molar refractivity (Wildman–Crippen MR) is 167 cm³/mol. The number of benzene rings is 6. The highest BCUT2D eigenvalue weighted by atomic mass is 15.0. The Morgan fingerprint density at radius 2 is 0.902 bits per heavy atom. The highest BCUT2D eigenvalue weighted by molar-refractivity contribution is 6.10. The molecule has 0 radical (unpaired) electrons. The molecule has 0 atom stereocenters. The summed E-state index contributed by atoms with van der Waals surface area (Å²) in [5.74, 6) is 0. The lowest BCUT2D eigenvalue weighted by Crippen LogP contribution is -2.02. The summed E-state index contributed by atoms with van der Waals surface area (Å²) in [4.78, 5) is 0. The quantitative estimate of drug-likeness (QED) is 0.232. The fraction of sp³-hybridized carbons (Fsp3) is 0. The Morgan fingerprint density at radius 1 is 0.415 bits per heavy atom. The van der Waals surface area contributed by atoms with Crippen molar-refractivity contribution >= 4 is 21.8 Å². The zero-order valence-corrected chi connectivity index (χ0v) is 22.1. The molecule has 41 heavy (non-hydrogen) atoms. The number of nitrogens with zero attached hydrogens (tertiary/aromatic N) is 3. The molecular weight excluding hydrogens is 498 g/mol. The lowest BCUT2D eigenvalue weighted by atomic mass is 9.90. The highest BCUT2D eigenvalue weighted by Gasteiger charge is 2.21. The van der Waals surface area contributed by atoms with Crippen molar-refractivity contribution in [1.29, 1.82) is 10.5 Å². The second-order valence-corrected chi connectivity index (χ2v) is 10.0. The van der Waals surface area contributed by atoms with Crippen molar-refractivity contribution < 1.29 is 0 Å². The highest BCUT2D eigenvalue weighted by Crippen LogP contribution is 2.43. The van der Waals surface area contributed by atoms with Crippen LogP contribution in [0.2, 0.25) is 0 Å². The monoisotopic (exact) mass is 521 g/mol. The fourth-order valence-electron chi connectivity index (χ4n) is 5.79. The van der Waals surface area contributed by atoms with Gasteiger partial charge < -0.3 is 4.57 Å². The van der Waals surface area contributed by atoms with Gasteiger partial charge in [-0.25, -0.2) is 0 Å². The van der Waals surface area contributed by atoms with Gasteiger partial charge in [-0.15, -0.1) is 0 Å². The molecule has 0 fully saturated rings. The van der Waals surface area contributed by atoms with Crippen molar-refractivity contribution in [2.24, 2.45) is 0 Å². The number of aromatic nitrogens is 1. The topological polar surface area (TPSA) is 52.5 Å². The number of fused-ring (bicyclic) bond motifs is 3. The second kappa shape index (κ2) is 10.0. The van der Waals surface area contributed by atoms with Crippen LogP contribution in [-0.2, 0) is 0 Å². The van der Waals surface area contributed by atoms with Gasteiger partial charge >= 0.3 is 0 Å². The van der Waals surface area contributed by atoms with Crippen molar-refractivity contribution in [2.45, 2.75) is 0 Å². The molecule has 0 bridgehead atoms. The summed E-state index contributed by atoms with van der Waals surface area (Å²) in [6.45, 7) is 0. The molecule has 0 saturated heterocycles. The summed E-state index contributed by atoms with van der Waals surface area (Å²) in [6.07, 6.45) is 0. The third kappa shape index (κ3) is 4.05. The van der Waals surface area contributed by atoms with E-state index in [1.165, 1.54) is 10.8 Å². The lowest BCUT2D eigenvalue weighted by molar-refractivity contribution is 1.18. The van der Waals surface area contributed by atoms with E-state index >= 15 is 0 Å². The van der Waals surface area contributed by atoms with E-state index in [2.05, 4.69) is 126 Å². The Kier molecular flexibility index (Phi) is 5.90. The van der Waals surface area contributed by atoms with Crippen molar-refractivity contribution in [2.75, 3.05) is 0 Å². The van der Waals surface area contributed by atoms with E-state index in [-0.39, 0.29) is 0 Å². The molecule has 0 aliphatic carbocycles. The van der Waals surface area contributed by atoms with Crippen LogP contribution in [-0.4, -0.2) is 4.57 Å². The van der Waals surface area contributed by atoms with E-state index in [9.17, 15) is 10.5 Å². The molecule has 0 unspecified atom stereocenters. The Bertz CT molecular complexity index is 2040. The van der Waals surface area contributed by atoms with Crippen LogP contribution in [0.4, 0.5) is 0 Å². The summed E-state index contributed by atoms with van der Waals surface area (Å²) < 4.78 is 2.39. The summed E-state index contributed by atoms with van der Waals surface area (Å²) in [5, 5.41) is 21.7. The predicted octanol–water partition coefficient (Wildman–Crippen LogP) is 9.53. The third-order valence-electron chi connectivity index (χ3n) is 7.68. The van der Waals surface area contributed by atoms with Crippen LogP contribution in [0.3, 0.4) is 0 Å². The maximum atomic E-state index is 9.75. The molecule has 190 valence electrons. The number of rotatable bonds is 4. The first-order valence-corrected chi connectivity index (χ1v) is 13.5. The van der Waals surface area contributed by atoms with Gasteiger partial charge in [-0.2, -0.15) is 10.5 Å². The van der Waals surface area contributed by atoms with Gasteiger partial charge in [0.15, 0.2) is 0 Å². The van der Waals surface area contributed by atoms with Crippen LogP contribution in [0.15, 0.2) is 140 Å². The van der Waals surface area contributed by atoms with Gasteiger partial charge in [0.05, 0.1) is 27.8 Å². The number of para-hydroxylation sites is 2. The van der Waals surface area contributed by atoms with Gasteiger partial charge in [0.2, 0.25) is 0 Å². The van der Waals surface area contributed by atoms with Crippen LogP contribution >= 0.6 is 0 Å². The number of hydrogen-bond acceptors (Lipinski definition) is 2. The molecule has 0 aliphatic rings. The summed E-state index contributed by atoms with van der Waals surface area (Å²) in [5.41, 5.74) is 10.3. The minimum Gasteiger partial charge on any atom is -0.308 e. The van der Waals surface area contributed by atoms with E-state index in [4.69, 9.17) is 0 Å². The second-order valence-electron chi connectivity index (χ2n) is 10.0. The Balaban J connectivity index is 1.65. The van der Waals surface area contributed by atoms with Gasteiger partial charge in [-0.05, 0) is 58.7 Å². The largest absolute Gasteiger partial charge is 0.308 e. The van der Waals surface area contributed by atoms with Gasteiger partial charge in [0, 0.05) is 21.9 Å². The van der Waals surface area contributed by atoms with E-state index in [0.717, 1.165) is 50.1 Å². The molecule has 0 amide bonds. The summed E-state index contributed by atoms with van der Waals surface area (Å²) >= 11 is 0. The smallest absolute Gasteiger partial charge is 0.101 e. The van der Waals surface area contributed by atoms with Crippen LogP contribution < -0.4 is 0 Å². The Hall–Kier alpha value is -5.90. The average molecular weight is 522 g/mol. The van der Waals surface area contributed by atoms with E-state index in [1.807, 2.05) is 24.3 Å².